The molecule has 9 heteroatoms. The number of nitrogens with one attached hydrogen (secondary N) is 2. The average molecular weight is 442 g/mol. The maximum Gasteiger partial charge on any atom is 0.341 e. The number of hydrogen-bond donors (Lipinski definition) is 2. The number of amides is 1. The van der Waals surface area contributed by atoms with E-state index < -0.39 is 15.9 Å². The Kier molecular flexibility index (Phi) is 7.89. The molecule has 1 aromatic rings. The van der Waals surface area contributed by atoms with Crippen LogP contribution in [0.2, 0.25) is 0 Å². The van der Waals surface area contributed by atoms with Gasteiger partial charge in [0.25, 0.3) is 0 Å². The van der Waals surface area contributed by atoms with Gasteiger partial charge in [-0.2, -0.15) is 0 Å². The van der Waals surface area contributed by atoms with E-state index in [0.717, 1.165) is 36.1 Å². The van der Waals surface area contributed by atoms with Crippen molar-refractivity contribution >= 4 is 63.0 Å². The molecule has 1 aromatic heterocycles. The monoisotopic (exact) mass is 440 g/mol. The van der Waals surface area contributed by atoms with Crippen molar-refractivity contribution in [3.05, 3.63) is 16.0 Å². The summed E-state index contributed by atoms with van der Waals surface area (Å²) in [5.41, 5.74) is 1.50. The molecule has 146 valence electrons. The zero-order valence-electron chi connectivity index (χ0n) is 14.8. The lowest BCUT2D eigenvalue weighted by Gasteiger charge is -2.27. The topological polar surface area (TPSA) is 67.4 Å². The number of rotatable bonds is 7. The first kappa shape index (κ1) is 21.6. The molecule has 2 rings (SSSR count). The van der Waals surface area contributed by atoms with Gasteiger partial charge in [-0.05, 0) is 44.6 Å². The Labute approximate surface area is 172 Å². The van der Waals surface area contributed by atoms with E-state index in [4.69, 9.17) is 39.5 Å². The molecule has 0 aliphatic heterocycles. The molecule has 1 aliphatic carbocycles. The molecular weight excluding hydrogens is 419 g/mol. The van der Waals surface area contributed by atoms with Crippen LogP contribution in [0.15, 0.2) is 0 Å². The smallest absolute Gasteiger partial charge is 0.341 e. The third-order valence-electron chi connectivity index (χ3n) is 4.04. The van der Waals surface area contributed by atoms with Gasteiger partial charge in [-0.15, -0.1) is 11.3 Å². The van der Waals surface area contributed by atoms with Crippen molar-refractivity contribution in [2.45, 2.75) is 62.3 Å². The third-order valence-corrected chi connectivity index (χ3v) is 5.91. The van der Waals surface area contributed by atoms with Crippen LogP contribution in [0.3, 0.4) is 0 Å². The number of ether oxygens (including phenoxy) is 1. The molecule has 1 unspecified atom stereocenters. The van der Waals surface area contributed by atoms with E-state index in [0.29, 0.717) is 23.4 Å². The minimum Gasteiger partial charge on any atom is -0.462 e. The van der Waals surface area contributed by atoms with Gasteiger partial charge in [-0.25, -0.2) is 4.79 Å². The lowest BCUT2D eigenvalue weighted by atomic mass is 9.95. The summed E-state index contributed by atoms with van der Waals surface area (Å²) in [6, 6.07) is 0. The second-order valence-corrected chi connectivity index (χ2v) is 9.55. The van der Waals surface area contributed by atoms with Crippen LogP contribution in [0, 0.1) is 0 Å². The van der Waals surface area contributed by atoms with Crippen LogP contribution in [0.4, 0.5) is 5.00 Å². The van der Waals surface area contributed by atoms with E-state index in [2.05, 4.69) is 10.6 Å². The summed E-state index contributed by atoms with van der Waals surface area (Å²) in [6.45, 7) is 3.94. The molecule has 1 aliphatic rings. The lowest BCUT2D eigenvalue weighted by Crippen LogP contribution is -2.49. The maximum atomic E-state index is 12.5. The fourth-order valence-corrected chi connectivity index (χ4v) is 4.51. The summed E-state index contributed by atoms with van der Waals surface area (Å²) in [5.74, 6) is -0.618. The third kappa shape index (κ3) is 5.41. The lowest BCUT2D eigenvalue weighted by molar-refractivity contribution is -0.121. The molecule has 0 fully saturated rings. The molecule has 0 spiro atoms. The molecule has 0 radical (unpaired) electrons. The highest BCUT2D eigenvalue weighted by Gasteiger charge is 2.36. The molecule has 0 saturated heterocycles. The Balaban J connectivity index is 2.34. The van der Waals surface area contributed by atoms with Crippen LogP contribution in [0.5, 0.6) is 0 Å². The summed E-state index contributed by atoms with van der Waals surface area (Å²) >= 11 is 19.6. The van der Waals surface area contributed by atoms with Crippen molar-refractivity contribution in [1.29, 1.82) is 0 Å². The van der Waals surface area contributed by atoms with Crippen molar-refractivity contribution in [3.63, 3.8) is 0 Å². The molecule has 26 heavy (non-hydrogen) atoms. The number of halogens is 3. The van der Waals surface area contributed by atoms with Crippen LogP contribution in [-0.4, -0.2) is 28.4 Å². The van der Waals surface area contributed by atoms with Gasteiger partial charge in [0.2, 0.25) is 9.70 Å². The van der Waals surface area contributed by atoms with Gasteiger partial charge in [0.15, 0.2) is 0 Å². The van der Waals surface area contributed by atoms with Crippen LogP contribution >= 0.6 is 46.1 Å². The van der Waals surface area contributed by atoms with Crippen LogP contribution in [-0.2, 0) is 22.4 Å². The van der Waals surface area contributed by atoms with E-state index in [1.54, 1.807) is 6.92 Å². The van der Waals surface area contributed by atoms with E-state index >= 15 is 0 Å². The van der Waals surface area contributed by atoms with E-state index in [9.17, 15) is 9.59 Å². The zero-order valence-corrected chi connectivity index (χ0v) is 17.9. The number of thiophene rings is 1. The van der Waals surface area contributed by atoms with E-state index in [1.165, 1.54) is 11.3 Å². The first-order chi connectivity index (χ1) is 12.3. The van der Waals surface area contributed by atoms with Crippen molar-refractivity contribution in [3.8, 4) is 0 Å². The Morgan fingerprint density at radius 3 is 2.54 bits per heavy atom. The predicted octanol–water partition coefficient (Wildman–Crippen LogP) is 4.83. The first-order valence-corrected chi connectivity index (χ1v) is 10.7. The number of esters is 1. The normalized spacial score (nSPS) is 15.1. The van der Waals surface area contributed by atoms with E-state index in [1.807, 2.05) is 6.92 Å². The van der Waals surface area contributed by atoms with Gasteiger partial charge in [0, 0.05) is 11.3 Å². The quantitative estimate of drug-likeness (QED) is 0.361. The molecule has 5 nitrogen and oxygen atoms in total. The summed E-state index contributed by atoms with van der Waals surface area (Å²) in [7, 11) is 0. The van der Waals surface area contributed by atoms with Crippen LogP contribution in [0.1, 0.15) is 60.3 Å². The average Bonchev–Trinajstić information content (AvgIpc) is 2.92. The molecule has 1 heterocycles. The summed E-state index contributed by atoms with van der Waals surface area (Å²) in [5, 5.41) is 6.33. The number of anilines is 1. The Hall–Kier alpha value is -0.690. The Morgan fingerprint density at radius 2 is 1.92 bits per heavy atom. The minimum atomic E-state index is -1.78. The van der Waals surface area contributed by atoms with Crippen LogP contribution in [0.25, 0.3) is 0 Å². The highest BCUT2D eigenvalue weighted by molar-refractivity contribution is 7.16. The maximum absolute atomic E-state index is 12.5. The Bertz CT molecular complexity index is 658. The largest absolute Gasteiger partial charge is 0.462 e. The summed E-state index contributed by atoms with van der Waals surface area (Å²) in [4.78, 5) is 25.6. The Morgan fingerprint density at radius 1 is 1.23 bits per heavy atom. The number of carbonyl (C=O) groups is 2. The number of fused-ring (bicyclic) bond motifs is 1. The van der Waals surface area contributed by atoms with Gasteiger partial charge in [0.1, 0.15) is 11.2 Å². The predicted molar refractivity (Wildman–Crippen MR) is 108 cm³/mol. The summed E-state index contributed by atoms with van der Waals surface area (Å²) < 4.78 is 3.44. The fourth-order valence-electron chi connectivity index (χ4n) is 2.88. The van der Waals surface area contributed by atoms with Gasteiger partial charge in [-0.3, -0.25) is 4.79 Å². The highest BCUT2D eigenvalue weighted by Crippen LogP contribution is 2.40. The fraction of sp³-hybridized carbons (Fsp3) is 0.647. The molecule has 0 aromatic carbocycles. The number of aryl methyl sites for hydroxylation is 1. The SMILES string of the molecule is CCCC(=O)NC(Nc1sc2c(c1C(=O)OCC)CCCC2)C(Cl)(Cl)Cl. The summed E-state index contributed by atoms with van der Waals surface area (Å²) in [6.07, 6.45) is 3.88. The number of alkyl halides is 3. The minimum absolute atomic E-state index is 0.227. The molecule has 0 bridgehead atoms. The number of carbonyl (C=O) groups excluding carboxylic acids is 2. The van der Waals surface area contributed by atoms with Crippen molar-refractivity contribution in [2.75, 3.05) is 11.9 Å². The standard InChI is InChI=1S/C17H23Cl3N2O3S/c1-3-7-12(23)21-16(17(18,19)20)22-14-13(15(24)25-4-2)10-8-5-6-9-11(10)26-14/h16,22H,3-9H2,1-2H3,(H,21,23). The molecule has 1 atom stereocenters. The van der Waals surface area contributed by atoms with Crippen molar-refractivity contribution in [2.24, 2.45) is 0 Å². The zero-order chi connectivity index (χ0) is 19.3. The molecule has 1 amide bonds. The number of hydrogen-bond acceptors (Lipinski definition) is 5. The van der Waals surface area contributed by atoms with Gasteiger partial charge in [-0.1, -0.05) is 41.7 Å². The second kappa shape index (κ2) is 9.49. The molecular formula is C17H23Cl3N2O3S. The van der Waals surface area contributed by atoms with Crippen molar-refractivity contribution < 1.29 is 14.3 Å². The molecule has 0 saturated carbocycles. The second-order valence-electron chi connectivity index (χ2n) is 6.07. The van der Waals surface area contributed by atoms with Crippen LogP contribution < -0.4 is 10.6 Å². The van der Waals surface area contributed by atoms with E-state index in [-0.39, 0.29) is 12.5 Å². The first-order valence-electron chi connectivity index (χ1n) is 8.72. The van der Waals surface area contributed by atoms with Crippen molar-refractivity contribution in [1.82, 2.24) is 5.32 Å². The van der Waals surface area contributed by atoms with Gasteiger partial charge >= 0.3 is 5.97 Å². The van der Waals surface area contributed by atoms with Gasteiger partial charge in [0.05, 0.1) is 12.2 Å². The van der Waals surface area contributed by atoms with Gasteiger partial charge < -0.3 is 15.4 Å². The highest BCUT2D eigenvalue weighted by atomic mass is 35.6. The molecule has 2 N–H and O–H groups in total.